The summed E-state index contributed by atoms with van der Waals surface area (Å²) in [6.45, 7) is 5.97. The molecule has 4 rings (SSSR count). The van der Waals surface area contributed by atoms with Crippen molar-refractivity contribution in [2.75, 3.05) is 45.1 Å². The number of benzene rings is 2. The van der Waals surface area contributed by atoms with E-state index < -0.39 is 0 Å². The van der Waals surface area contributed by atoms with Crippen LogP contribution in [0.15, 0.2) is 42.5 Å². The molecule has 6 nitrogen and oxygen atoms in total. The molecule has 1 aromatic heterocycles. The first-order chi connectivity index (χ1) is 13.7. The molecule has 28 heavy (non-hydrogen) atoms. The number of aromatic amines is 1. The zero-order chi connectivity index (χ0) is 19.3. The smallest absolute Gasteiger partial charge is 0.0927 e. The number of nitrogens with zero attached hydrogens (tertiary/aromatic N) is 3. The monoisotopic (exact) mass is 377 g/mol. The predicted molar refractivity (Wildman–Crippen MR) is 115 cm³/mol. The number of rotatable bonds is 6. The molecule has 0 unspecified atom stereocenters. The van der Waals surface area contributed by atoms with Gasteiger partial charge in [-0.05, 0) is 29.3 Å². The summed E-state index contributed by atoms with van der Waals surface area (Å²) in [7, 11) is 0. The number of anilines is 1. The van der Waals surface area contributed by atoms with Crippen LogP contribution >= 0.6 is 0 Å². The van der Waals surface area contributed by atoms with Gasteiger partial charge in [0, 0.05) is 50.3 Å². The summed E-state index contributed by atoms with van der Waals surface area (Å²) in [6.07, 6.45) is 4.03. The van der Waals surface area contributed by atoms with Gasteiger partial charge in [0.05, 0.1) is 17.8 Å². The van der Waals surface area contributed by atoms with E-state index in [9.17, 15) is 0 Å². The van der Waals surface area contributed by atoms with Gasteiger partial charge in [-0.2, -0.15) is 5.10 Å². The minimum Gasteiger partial charge on any atom is -0.398 e. The van der Waals surface area contributed by atoms with E-state index >= 15 is 0 Å². The van der Waals surface area contributed by atoms with E-state index in [0.29, 0.717) is 0 Å². The predicted octanol–water partition coefficient (Wildman–Crippen LogP) is 2.43. The highest BCUT2D eigenvalue weighted by atomic mass is 16.3. The molecule has 1 fully saturated rings. The molecule has 2 aromatic carbocycles. The Morgan fingerprint density at radius 1 is 1.04 bits per heavy atom. The Hall–Kier alpha value is -2.67. The highest BCUT2D eigenvalue weighted by molar-refractivity contribution is 5.90. The maximum absolute atomic E-state index is 9.05. The van der Waals surface area contributed by atoms with Crippen molar-refractivity contribution >= 4 is 28.7 Å². The fourth-order valence-corrected chi connectivity index (χ4v) is 3.73. The number of H-pyrrole nitrogens is 1. The third-order valence-corrected chi connectivity index (χ3v) is 5.36. The number of aliphatic hydroxyl groups excluding tert-OH is 1. The molecule has 0 bridgehead atoms. The maximum Gasteiger partial charge on any atom is 0.0927 e. The third kappa shape index (κ3) is 4.25. The molecule has 146 valence electrons. The number of nitrogen functional groups attached to an aromatic ring is 1. The molecule has 3 aromatic rings. The van der Waals surface area contributed by atoms with Gasteiger partial charge in [0.2, 0.25) is 0 Å². The number of nitrogens with two attached hydrogens (primary N) is 1. The number of aromatic nitrogens is 2. The Labute approximate surface area is 165 Å². The number of para-hydroxylation sites is 1. The summed E-state index contributed by atoms with van der Waals surface area (Å²) >= 11 is 0. The minimum absolute atomic E-state index is 0.236. The van der Waals surface area contributed by atoms with E-state index in [1.165, 1.54) is 5.56 Å². The number of β-amino-alcohol motifs (C(OH)–C–C–N with tert-alkyl or cyclic N) is 1. The van der Waals surface area contributed by atoms with Crippen molar-refractivity contribution in [1.29, 1.82) is 0 Å². The van der Waals surface area contributed by atoms with Crippen LogP contribution in [-0.2, 0) is 6.54 Å². The number of fused-ring (bicyclic) bond motifs is 1. The van der Waals surface area contributed by atoms with Crippen LogP contribution in [-0.4, -0.2) is 64.4 Å². The second-order valence-electron chi connectivity index (χ2n) is 7.29. The van der Waals surface area contributed by atoms with Crippen LogP contribution in [0.2, 0.25) is 0 Å². The molecule has 0 aliphatic carbocycles. The Kier molecular flexibility index (Phi) is 5.71. The molecule has 2 heterocycles. The topological polar surface area (TPSA) is 81.4 Å². The average Bonchev–Trinajstić information content (AvgIpc) is 3.12. The molecule has 0 amide bonds. The molecule has 6 heteroatoms. The molecular weight excluding hydrogens is 350 g/mol. The summed E-state index contributed by atoms with van der Waals surface area (Å²) in [5.74, 6) is 0. The quantitative estimate of drug-likeness (QED) is 0.575. The van der Waals surface area contributed by atoms with Crippen molar-refractivity contribution < 1.29 is 5.11 Å². The Balaban J connectivity index is 1.41. The van der Waals surface area contributed by atoms with Gasteiger partial charge >= 0.3 is 0 Å². The second-order valence-corrected chi connectivity index (χ2v) is 7.29. The van der Waals surface area contributed by atoms with Crippen molar-refractivity contribution in [3.8, 4) is 0 Å². The number of nitrogens with one attached hydrogen (secondary N) is 1. The lowest BCUT2D eigenvalue weighted by molar-refractivity contribution is 0.108. The SMILES string of the molecule is Nc1cc(CN2CCN(CCO)CC2)ccc1/C=C/c1n[nH]c2ccccc12. The number of aliphatic hydroxyl groups is 1. The summed E-state index contributed by atoms with van der Waals surface area (Å²) in [4.78, 5) is 4.74. The molecule has 1 aliphatic heterocycles. The maximum atomic E-state index is 9.05. The first-order valence-electron chi connectivity index (χ1n) is 9.78. The summed E-state index contributed by atoms with van der Waals surface area (Å²) in [6, 6.07) is 14.4. The summed E-state index contributed by atoms with van der Waals surface area (Å²) in [5.41, 5.74) is 11.3. The molecule has 4 N–H and O–H groups in total. The lowest BCUT2D eigenvalue weighted by Crippen LogP contribution is -2.46. The van der Waals surface area contributed by atoms with Crippen LogP contribution < -0.4 is 5.73 Å². The fourth-order valence-electron chi connectivity index (χ4n) is 3.73. The van der Waals surface area contributed by atoms with Gasteiger partial charge in [-0.25, -0.2) is 0 Å². The highest BCUT2D eigenvalue weighted by Gasteiger charge is 2.16. The van der Waals surface area contributed by atoms with Crippen LogP contribution in [0.3, 0.4) is 0 Å². The first kappa shape index (κ1) is 18.7. The van der Waals surface area contributed by atoms with Gasteiger partial charge in [0.15, 0.2) is 0 Å². The third-order valence-electron chi connectivity index (χ3n) is 5.36. The van der Waals surface area contributed by atoms with Gasteiger partial charge in [-0.1, -0.05) is 36.4 Å². The van der Waals surface area contributed by atoms with Crippen molar-refractivity contribution in [2.45, 2.75) is 6.54 Å². The van der Waals surface area contributed by atoms with Crippen molar-refractivity contribution in [2.24, 2.45) is 0 Å². The van der Waals surface area contributed by atoms with Gasteiger partial charge in [0.1, 0.15) is 0 Å². The largest absolute Gasteiger partial charge is 0.398 e. The van der Waals surface area contributed by atoms with E-state index in [2.05, 4.69) is 44.3 Å². The first-order valence-corrected chi connectivity index (χ1v) is 9.78. The molecule has 0 atom stereocenters. The number of hydrogen-bond donors (Lipinski definition) is 3. The lowest BCUT2D eigenvalue weighted by Gasteiger charge is -2.34. The fraction of sp³-hybridized carbons (Fsp3) is 0.318. The minimum atomic E-state index is 0.236. The van der Waals surface area contributed by atoms with E-state index in [0.717, 1.165) is 67.1 Å². The van der Waals surface area contributed by atoms with E-state index in [4.69, 9.17) is 10.8 Å². The van der Waals surface area contributed by atoms with Crippen molar-refractivity contribution in [3.05, 3.63) is 59.3 Å². The number of piperazine rings is 1. The zero-order valence-electron chi connectivity index (χ0n) is 16.0. The van der Waals surface area contributed by atoms with Gasteiger partial charge in [-0.15, -0.1) is 0 Å². The molecular formula is C22H27N5O. The summed E-state index contributed by atoms with van der Waals surface area (Å²) < 4.78 is 0. The average molecular weight is 377 g/mol. The van der Waals surface area contributed by atoms with Gasteiger partial charge < -0.3 is 10.8 Å². The normalized spacial score (nSPS) is 16.3. The van der Waals surface area contributed by atoms with Crippen LogP contribution in [0, 0.1) is 0 Å². The van der Waals surface area contributed by atoms with Crippen LogP contribution in [0.4, 0.5) is 5.69 Å². The van der Waals surface area contributed by atoms with E-state index in [1.54, 1.807) is 0 Å². The molecule has 0 radical (unpaired) electrons. The van der Waals surface area contributed by atoms with Gasteiger partial charge in [-0.3, -0.25) is 14.9 Å². The van der Waals surface area contributed by atoms with Crippen LogP contribution in [0.5, 0.6) is 0 Å². The molecule has 1 saturated heterocycles. The van der Waals surface area contributed by atoms with Crippen molar-refractivity contribution in [3.63, 3.8) is 0 Å². The Bertz CT molecular complexity index is 956. The van der Waals surface area contributed by atoms with Crippen LogP contribution in [0.25, 0.3) is 23.1 Å². The molecule has 1 aliphatic rings. The van der Waals surface area contributed by atoms with Crippen molar-refractivity contribution in [1.82, 2.24) is 20.0 Å². The standard InChI is InChI=1S/C22H27N5O/c23-20-15-17(16-27-11-9-26(10-12-27)13-14-28)5-6-18(20)7-8-22-19-3-1-2-4-21(19)24-25-22/h1-8,15,28H,9-14,16,23H2,(H,24,25)/b8-7+. The van der Waals surface area contributed by atoms with E-state index in [-0.39, 0.29) is 6.61 Å². The second kappa shape index (κ2) is 8.56. The summed E-state index contributed by atoms with van der Waals surface area (Å²) in [5, 5.41) is 17.6. The van der Waals surface area contributed by atoms with Gasteiger partial charge in [0.25, 0.3) is 0 Å². The Morgan fingerprint density at radius 2 is 1.82 bits per heavy atom. The molecule has 0 saturated carbocycles. The lowest BCUT2D eigenvalue weighted by atomic mass is 10.1. The van der Waals surface area contributed by atoms with E-state index in [1.807, 2.05) is 30.4 Å². The van der Waals surface area contributed by atoms with Crippen LogP contribution in [0.1, 0.15) is 16.8 Å². The Morgan fingerprint density at radius 3 is 2.61 bits per heavy atom. The zero-order valence-corrected chi connectivity index (χ0v) is 16.0. The molecule has 0 spiro atoms. The number of hydrogen-bond acceptors (Lipinski definition) is 5. The highest BCUT2D eigenvalue weighted by Crippen LogP contribution is 2.21.